The van der Waals surface area contributed by atoms with Crippen molar-refractivity contribution in [1.82, 2.24) is 20.2 Å². The fourth-order valence-electron chi connectivity index (χ4n) is 4.17. The molecule has 0 aliphatic rings. The maximum absolute atomic E-state index is 12.4. The second kappa shape index (κ2) is 10.7. The number of aromatic amines is 1. The predicted octanol–water partition coefficient (Wildman–Crippen LogP) is 5.55. The second-order valence-corrected chi connectivity index (χ2v) is 9.16. The maximum atomic E-state index is 12.4. The number of hydrogen-bond acceptors (Lipinski definition) is 4. The summed E-state index contributed by atoms with van der Waals surface area (Å²) in [6.07, 6.45) is 5.33. The molecule has 0 fully saturated rings. The molecule has 4 rings (SSSR count). The average Bonchev–Trinajstić information content (AvgIpc) is 3.46. The Hall–Kier alpha value is -3.38. The molecule has 6 nitrogen and oxygen atoms in total. The van der Waals surface area contributed by atoms with Crippen LogP contribution >= 0.6 is 0 Å². The van der Waals surface area contributed by atoms with E-state index >= 15 is 0 Å². The highest BCUT2D eigenvalue weighted by atomic mass is 16.3. The van der Waals surface area contributed by atoms with Crippen LogP contribution in [-0.4, -0.2) is 33.4 Å². The number of para-hydroxylation sites is 1. The average molecular weight is 459 g/mol. The van der Waals surface area contributed by atoms with E-state index in [9.17, 15) is 4.79 Å². The van der Waals surface area contributed by atoms with E-state index in [-0.39, 0.29) is 11.9 Å². The van der Waals surface area contributed by atoms with Gasteiger partial charge in [-0.2, -0.15) is 0 Å². The maximum Gasteiger partial charge on any atom is 0.273 e. The number of amides is 1. The van der Waals surface area contributed by atoms with Crippen LogP contribution in [0.5, 0.6) is 0 Å². The molecule has 34 heavy (non-hydrogen) atoms. The van der Waals surface area contributed by atoms with Gasteiger partial charge in [0.15, 0.2) is 5.69 Å². The number of hydrogen-bond donors (Lipinski definition) is 2. The van der Waals surface area contributed by atoms with E-state index in [4.69, 9.17) is 4.42 Å². The summed E-state index contributed by atoms with van der Waals surface area (Å²) in [5.41, 5.74) is 6.60. The van der Waals surface area contributed by atoms with E-state index in [2.05, 4.69) is 76.6 Å². The van der Waals surface area contributed by atoms with Crippen molar-refractivity contribution in [2.75, 3.05) is 6.54 Å². The minimum Gasteiger partial charge on any atom is -0.447 e. The number of carbonyl (C=O) groups is 1. The third kappa shape index (κ3) is 5.75. The number of H-pyrrole nitrogens is 1. The first-order chi connectivity index (χ1) is 16.4. The van der Waals surface area contributed by atoms with Crippen LogP contribution in [0.3, 0.4) is 0 Å². The number of nitrogens with one attached hydrogen (secondary N) is 2. The lowest BCUT2D eigenvalue weighted by molar-refractivity contribution is 0.0934. The number of oxazole rings is 1. The van der Waals surface area contributed by atoms with E-state index in [1.54, 1.807) is 0 Å². The highest BCUT2D eigenvalue weighted by Gasteiger charge is 2.17. The third-order valence-electron chi connectivity index (χ3n) is 6.40. The van der Waals surface area contributed by atoms with Crippen LogP contribution in [-0.2, 0) is 19.5 Å². The first-order valence-electron chi connectivity index (χ1n) is 12.0. The summed E-state index contributed by atoms with van der Waals surface area (Å²) >= 11 is 0. The van der Waals surface area contributed by atoms with Gasteiger partial charge in [-0.1, -0.05) is 48.9 Å². The summed E-state index contributed by atoms with van der Waals surface area (Å²) < 4.78 is 5.71. The van der Waals surface area contributed by atoms with Crippen molar-refractivity contribution in [3.63, 3.8) is 0 Å². The summed E-state index contributed by atoms with van der Waals surface area (Å²) in [5, 5.41) is 4.21. The molecule has 0 spiro atoms. The van der Waals surface area contributed by atoms with Gasteiger partial charge in [0.25, 0.3) is 5.91 Å². The van der Waals surface area contributed by atoms with E-state index < -0.39 is 0 Å². The van der Waals surface area contributed by atoms with Crippen LogP contribution in [0.1, 0.15) is 58.9 Å². The number of carbonyl (C=O) groups excluding carboxylic acids is 1. The van der Waals surface area contributed by atoms with E-state index in [1.807, 2.05) is 19.9 Å². The zero-order valence-corrected chi connectivity index (χ0v) is 20.5. The summed E-state index contributed by atoms with van der Waals surface area (Å²) in [6, 6.07) is 15.1. The molecule has 0 saturated carbocycles. The molecule has 2 heterocycles. The normalized spacial score (nSPS) is 12.4. The van der Waals surface area contributed by atoms with Gasteiger partial charge < -0.3 is 14.7 Å². The topological polar surface area (TPSA) is 74.2 Å². The third-order valence-corrected chi connectivity index (χ3v) is 6.40. The number of aromatic nitrogens is 2. The highest BCUT2D eigenvalue weighted by molar-refractivity contribution is 5.92. The van der Waals surface area contributed by atoms with Crippen molar-refractivity contribution in [3.05, 3.63) is 88.8 Å². The molecule has 0 aliphatic heterocycles. The Morgan fingerprint density at radius 3 is 2.76 bits per heavy atom. The van der Waals surface area contributed by atoms with E-state index in [1.165, 1.54) is 33.9 Å². The number of nitrogens with zero attached hydrogens (tertiary/aromatic N) is 2. The van der Waals surface area contributed by atoms with Gasteiger partial charge in [0.1, 0.15) is 6.26 Å². The number of aryl methyl sites for hydroxylation is 2. The molecule has 1 unspecified atom stereocenters. The summed E-state index contributed by atoms with van der Waals surface area (Å²) in [6.45, 7) is 10.4. The van der Waals surface area contributed by atoms with E-state index in [0.29, 0.717) is 18.1 Å². The van der Waals surface area contributed by atoms with Crippen molar-refractivity contribution in [2.24, 2.45) is 0 Å². The largest absolute Gasteiger partial charge is 0.447 e. The van der Waals surface area contributed by atoms with Crippen molar-refractivity contribution in [1.29, 1.82) is 0 Å². The molecular weight excluding hydrogens is 424 g/mol. The lowest BCUT2D eigenvalue weighted by atomic mass is 10.0. The molecule has 6 heteroatoms. The number of fused-ring (bicyclic) bond motifs is 1. The molecule has 1 amide bonds. The van der Waals surface area contributed by atoms with Gasteiger partial charge in [-0.25, -0.2) is 4.98 Å². The number of benzene rings is 2. The fourth-order valence-corrected chi connectivity index (χ4v) is 4.17. The SMILES string of the molecule is CCC(C)NC(=O)c1coc(CN(CCc2c[nH]c3ccccc23)Cc2ccc(C)cc2C)n1. The molecule has 0 aliphatic carbocycles. The van der Waals surface area contributed by atoms with Gasteiger partial charge >= 0.3 is 0 Å². The molecule has 0 bridgehead atoms. The smallest absolute Gasteiger partial charge is 0.273 e. The van der Waals surface area contributed by atoms with Crippen molar-refractivity contribution < 1.29 is 9.21 Å². The Labute approximate surface area is 201 Å². The van der Waals surface area contributed by atoms with Gasteiger partial charge in [-0.15, -0.1) is 0 Å². The Morgan fingerprint density at radius 1 is 1.15 bits per heavy atom. The summed E-state index contributed by atoms with van der Waals surface area (Å²) in [4.78, 5) is 22.6. The number of rotatable bonds is 10. The second-order valence-electron chi connectivity index (χ2n) is 9.16. The van der Waals surface area contributed by atoms with Gasteiger partial charge in [0.2, 0.25) is 5.89 Å². The Balaban J connectivity index is 1.51. The molecule has 2 N–H and O–H groups in total. The molecular formula is C28H34N4O2. The Morgan fingerprint density at radius 2 is 1.97 bits per heavy atom. The van der Waals surface area contributed by atoms with Gasteiger partial charge in [-0.05, 0) is 56.4 Å². The van der Waals surface area contributed by atoms with Crippen molar-refractivity contribution >= 4 is 16.8 Å². The molecule has 2 aromatic heterocycles. The Bertz CT molecular complexity index is 1260. The van der Waals surface area contributed by atoms with E-state index in [0.717, 1.165) is 31.4 Å². The minimum absolute atomic E-state index is 0.102. The van der Waals surface area contributed by atoms with Crippen molar-refractivity contribution in [2.45, 2.75) is 59.7 Å². The summed E-state index contributed by atoms with van der Waals surface area (Å²) in [7, 11) is 0. The van der Waals surface area contributed by atoms with Crippen LogP contribution in [0.15, 0.2) is 59.3 Å². The first kappa shape index (κ1) is 23.8. The van der Waals surface area contributed by atoms with Crippen LogP contribution in [0.4, 0.5) is 0 Å². The van der Waals surface area contributed by atoms with Gasteiger partial charge in [0, 0.05) is 36.2 Å². The molecule has 1 atom stereocenters. The van der Waals surface area contributed by atoms with Gasteiger partial charge in [0.05, 0.1) is 6.54 Å². The van der Waals surface area contributed by atoms with Crippen LogP contribution in [0, 0.1) is 13.8 Å². The minimum atomic E-state index is -0.191. The molecule has 4 aromatic rings. The standard InChI is InChI=1S/C28H34N4O2/c1-5-21(4)30-28(33)26-18-34-27(31-26)17-32(16-23-11-10-19(2)14-20(23)3)13-12-22-15-29-25-9-7-6-8-24(22)25/h6-11,14-15,18,21,29H,5,12-13,16-17H2,1-4H3,(H,30,33). The lowest BCUT2D eigenvalue weighted by Gasteiger charge is -2.22. The summed E-state index contributed by atoms with van der Waals surface area (Å²) in [5.74, 6) is 0.363. The van der Waals surface area contributed by atoms with Crippen molar-refractivity contribution in [3.8, 4) is 0 Å². The zero-order chi connectivity index (χ0) is 24.1. The molecule has 0 radical (unpaired) electrons. The first-order valence-corrected chi connectivity index (χ1v) is 12.0. The predicted molar refractivity (Wildman–Crippen MR) is 136 cm³/mol. The van der Waals surface area contributed by atoms with Crippen LogP contribution < -0.4 is 5.32 Å². The molecule has 178 valence electrons. The fraction of sp³-hybridized carbons (Fsp3) is 0.357. The van der Waals surface area contributed by atoms with Gasteiger partial charge in [-0.3, -0.25) is 9.69 Å². The highest BCUT2D eigenvalue weighted by Crippen LogP contribution is 2.20. The molecule has 2 aromatic carbocycles. The lowest BCUT2D eigenvalue weighted by Crippen LogP contribution is -2.32. The zero-order valence-electron chi connectivity index (χ0n) is 20.5. The Kier molecular flexibility index (Phi) is 7.48. The monoisotopic (exact) mass is 458 g/mol. The quantitative estimate of drug-likeness (QED) is 0.327. The van der Waals surface area contributed by atoms with Crippen LogP contribution in [0.25, 0.3) is 10.9 Å². The van der Waals surface area contributed by atoms with Crippen LogP contribution in [0.2, 0.25) is 0 Å². The molecule has 0 saturated heterocycles.